The summed E-state index contributed by atoms with van der Waals surface area (Å²) in [5.41, 5.74) is 6.85. The number of thiazole rings is 1. The SMILES string of the molecule is Cc1cccc(SCc2ncc(CN)s2)c1. The third-order valence-electron chi connectivity index (χ3n) is 2.15. The number of thioether (sulfide) groups is 1. The number of nitrogens with two attached hydrogens (primary N) is 1. The molecule has 0 aliphatic heterocycles. The summed E-state index contributed by atoms with van der Waals surface area (Å²) in [5, 5.41) is 1.15. The van der Waals surface area contributed by atoms with Gasteiger partial charge >= 0.3 is 0 Å². The second kappa shape index (κ2) is 5.48. The van der Waals surface area contributed by atoms with Crippen molar-refractivity contribution in [3.63, 3.8) is 0 Å². The Morgan fingerprint density at radius 1 is 1.44 bits per heavy atom. The summed E-state index contributed by atoms with van der Waals surface area (Å²) in [6, 6.07) is 8.53. The first-order valence-corrected chi connectivity index (χ1v) is 6.91. The Bertz CT molecular complexity index is 466. The van der Waals surface area contributed by atoms with Gasteiger partial charge in [-0.05, 0) is 19.1 Å². The summed E-state index contributed by atoms with van der Waals surface area (Å²) in [5.74, 6) is 0.925. The molecular weight excluding hydrogens is 236 g/mol. The summed E-state index contributed by atoms with van der Waals surface area (Å²) in [4.78, 5) is 6.79. The topological polar surface area (TPSA) is 38.9 Å². The number of aromatic nitrogens is 1. The van der Waals surface area contributed by atoms with E-state index in [2.05, 4.69) is 36.2 Å². The maximum Gasteiger partial charge on any atom is 0.103 e. The molecule has 2 N–H and O–H groups in total. The van der Waals surface area contributed by atoms with Crippen LogP contribution in [0.2, 0.25) is 0 Å². The van der Waals surface area contributed by atoms with Gasteiger partial charge in [-0.3, -0.25) is 0 Å². The van der Waals surface area contributed by atoms with Crippen LogP contribution in [-0.2, 0) is 12.3 Å². The van der Waals surface area contributed by atoms with Crippen LogP contribution in [0.5, 0.6) is 0 Å². The summed E-state index contributed by atoms with van der Waals surface area (Å²) < 4.78 is 0. The van der Waals surface area contributed by atoms with Crippen molar-refractivity contribution >= 4 is 23.1 Å². The fourth-order valence-corrected chi connectivity index (χ4v) is 3.18. The van der Waals surface area contributed by atoms with Crippen LogP contribution in [0.15, 0.2) is 35.4 Å². The molecule has 0 spiro atoms. The third-order valence-corrected chi connectivity index (χ3v) is 4.36. The fourth-order valence-electron chi connectivity index (χ4n) is 1.36. The molecule has 0 aliphatic carbocycles. The van der Waals surface area contributed by atoms with E-state index in [-0.39, 0.29) is 0 Å². The van der Waals surface area contributed by atoms with Crippen molar-refractivity contribution in [2.24, 2.45) is 5.73 Å². The first-order valence-electron chi connectivity index (χ1n) is 5.11. The molecule has 2 rings (SSSR count). The molecule has 0 unspecified atom stereocenters. The predicted molar refractivity (Wildman–Crippen MR) is 70.7 cm³/mol. The van der Waals surface area contributed by atoms with Crippen molar-refractivity contribution in [3.05, 3.63) is 45.9 Å². The minimum atomic E-state index is 0.590. The van der Waals surface area contributed by atoms with Gasteiger partial charge in [-0.1, -0.05) is 17.7 Å². The van der Waals surface area contributed by atoms with Crippen molar-refractivity contribution in [1.29, 1.82) is 0 Å². The molecule has 16 heavy (non-hydrogen) atoms. The average Bonchev–Trinajstić information content (AvgIpc) is 2.74. The van der Waals surface area contributed by atoms with Crippen molar-refractivity contribution in [3.8, 4) is 0 Å². The molecule has 1 heterocycles. The number of rotatable bonds is 4. The van der Waals surface area contributed by atoms with Crippen molar-refractivity contribution < 1.29 is 0 Å². The molecule has 0 saturated heterocycles. The maximum atomic E-state index is 5.55. The largest absolute Gasteiger partial charge is 0.326 e. The number of hydrogen-bond acceptors (Lipinski definition) is 4. The lowest BCUT2D eigenvalue weighted by Crippen LogP contribution is -1.91. The Hall–Kier alpha value is -0.840. The van der Waals surface area contributed by atoms with Gasteiger partial charge in [-0.15, -0.1) is 23.1 Å². The summed E-state index contributed by atoms with van der Waals surface area (Å²) in [6.07, 6.45) is 1.87. The Labute approximate surface area is 104 Å². The van der Waals surface area contributed by atoms with Gasteiger partial charge < -0.3 is 5.73 Å². The van der Waals surface area contributed by atoms with Crippen molar-refractivity contribution in [2.45, 2.75) is 24.1 Å². The molecule has 1 aromatic heterocycles. The van der Waals surface area contributed by atoms with Gasteiger partial charge in [-0.25, -0.2) is 4.98 Å². The average molecular weight is 250 g/mol. The number of aryl methyl sites for hydroxylation is 1. The highest BCUT2D eigenvalue weighted by Gasteiger charge is 2.01. The van der Waals surface area contributed by atoms with Gasteiger partial charge in [0.2, 0.25) is 0 Å². The molecule has 0 saturated carbocycles. The Morgan fingerprint density at radius 3 is 3.00 bits per heavy atom. The quantitative estimate of drug-likeness (QED) is 0.847. The van der Waals surface area contributed by atoms with E-state index in [1.807, 2.05) is 18.0 Å². The monoisotopic (exact) mass is 250 g/mol. The van der Waals surface area contributed by atoms with Crippen LogP contribution in [0.4, 0.5) is 0 Å². The van der Waals surface area contributed by atoms with Crippen LogP contribution < -0.4 is 5.73 Å². The standard InChI is InChI=1S/C12H14N2S2/c1-9-3-2-4-10(5-9)15-8-12-14-7-11(6-13)16-12/h2-5,7H,6,8,13H2,1H3. The molecule has 0 amide bonds. The first-order chi connectivity index (χ1) is 7.78. The van der Waals surface area contributed by atoms with Crippen LogP contribution in [0.25, 0.3) is 0 Å². The van der Waals surface area contributed by atoms with E-state index in [1.165, 1.54) is 10.5 Å². The highest BCUT2D eigenvalue weighted by atomic mass is 32.2. The Balaban J connectivity index is 1.96. The summed E-state index contributed by atoms with van der Waals surface area (Å²) in [7, 11) is 0. The van der Waals surface area contributed by atoms with E-state index in [1.54, 1.807) is 11.3 Å². The molecule has 1 aromatic carbocycles. The zero-order valence-corrected chi connectivity index (χ0v) is 10.8. The minimum Gasteiger partial charge on any atom is -0.326 e. The van der Waals surface area contributed by atoms with E-state index in [9.17, 15) is 0 Å². The molecule has 2 aromatic rings. The van der Waals surface area contributed by atoms with Gasteiger partial charge in [-0.2, -0.15) is 0 Å². The molecule has 0 fully saturated rings. The smallest absolute Gasteiger partial charge is 0.103 e. The number of nitrogens with zero attached hydrogens (tertiary/aromatic N) is 1. The normalized spacial score (nSPS) is 10.6. The maximum absolute atomic E-state index is 5.55. The van der Waals surface area contributed by atoms with Crippen LogP contribution >= 0.6 is 23.1 Å². The van der Waals surface area contributed by atoms with Gasteiger partial charge in [0.25, 0.3) is 0 Å². The molecule has 84 valence electrons. The highest BCUT2D eigenvalue weighted by molar-refractivity contribution is 7.98. The highest BCUT2D eigenvalue weighted by Crippen LogP contribution is 2.25. The zero-order valence-electron chi connectivity index (χ0n) is 9.14. The second-order valence-corrected chi connectivity index (χ2v) is 5.78. The zero-order chi connectivity index (χ0) is 11.4. The molecule has 0 aliphatic rings. The summed E-state index contributed by atoms with van der Waals surface area (Å²) >= 11 is 3.52. The lowest BCUT2D eigenvalue weighted by molar-refractivity contribution is 1.09. The van der Waals surface area contributed by atoms with Crippen LogP contribution in [-0.4, -0.2) is 4.98 Å². The minimum absolute atomic E-state index is 0.590. The van der Waals surface area contributed by atoms with Crippen LogP contribution in [0.3, 0.4) is 0 Å². The third kappa shape index (κ3) is 3.07. The fraction of sp³-hybridized carbons (Fsp3) is 0.250. The predicted octanol–water partition coefficient (Wildman–Crippen LogP) is 3.20. The van der Waals surface area contributed by atoms with Crippen LogP contribution in [0.1, 0.15) is 15.4 Å². The van der Waals surface area contributed by atoms with Crippen molar-refractivity contribution in [2.75, 3.05) is 0 Å². The molecule has 0 bridgehead atoms. The molecule has 4 heteroatoms. The molecular formula is C12H14N2S2. The van der Waals surface area contributed by atoms with Crippen molar-refractivity contribution in [1.82, 2.24) is 4.98 Å². The van der Waals surface area contributed by atoms with E-state index in [0.29, 0.717) is 6.54 Å². The van der Waals surface area contributed by atoms with E-state index < -0.39 is 0 Å². The van der Waals surface area contributed by atoms with Gasteiger partial charge in [0.15, 0.2) is 0 Å². The van der Waals surface area contributed by atoms with Crippen LogP contribution in [0, 0.1) is 6.92 Å². The molecule has 0 atom stereocenters. The Morgan fingerprint density at radius 2 is 2.31 bits per heavy atom. The summed E-state index contributed by atoms with van der Waals surface area (Å²) in [6.45, 7) is 2.70. The molecule has 0 radical (unpaired) electrons. The lowest BCUT2D eigenvalue weighted by atomic mass is 10.2. The van der Waals surface area contributed by atoms with E-state index in [4.69, 9.17) is 5.73 Å². The number of hydrogen-bond donors (Lipinski definition) is 1. The van der Waals surface area contributed by atoms with Gasteiger partial charge in [0, 0.05) is 22.5 Å². The number of benzene rings is 1. The molecule has 2 nitrogen and oxygen atoms in total. The Kier molecular flexibility index (Phi) is 3.98. The van der Waals surface area contributed by atoms with Gasteiger partial charge in [0.1, 0.15) is 5.01 Å². The first kappa shape index (κ1) is 11.6. The van der Waals surface area contributed by atoms with E-state index in [0.717, 1.165) is 15.6 Å². The lowest BCUT2D eigenvalue weighted by Gasteiger charge is -2.00. The van der Waals surface area contributed by atoms with E-state index >= 15 is 0 Å². The van der Waals surface area contributed by atoms with Gasteiger partial charge in [0.05, 0.1) is 5.75 Å². The second-order valence-electron chi connectivity index (χ2n) is 3.53.